The highest BCUT2D eigenvalue weighted by Crippen LogP contribution is 2.30. The number of amides is 1. The van der Waals surface area contributed by atoms with Crippen LogP contribution in [0.3, 0.4) is 0 Å². The molecule has 1 unspecified atom stereocenters. The van der Waals surface area contributed by atoms with Gasteiger partial charge in [-0.05, 0) is 30.5 Å². The molecule has 0 radical (unpaired) electrons. The Labute approximate surface area is 187 Å². The number of benzene rings is 1. The Morgan fingerprint density at radius 2 is 1.94 bits per heavy atom. The van der Waals surface area contributed by atoms with Crippen molar-refractivity contribution in [1.82, 2.24) is 9.47 Å². The van der Waals surface area contributed by atoms with E-state index >= 15 is 4.39 Å². The number of anilines is 1. The van der Waals surface area contributed by atoms with E-state index in [0.717, 1.165) is 10.8 Å². The maximum atomic E-state index is 15.4. The summed E-state index contributed by atoms with van der Waals surface area (Å²) in [4.78, 5) is 28.4. The van der Waals surface area contributed by atoms with E-state index < -0.39 is 21.3 Å². The number of halogens is 1. The van der Waals surface area contributed by atoms with Crippen molar-refractivity contribution in [2.45, 2.75) is 37.6 Å². The number of para-hydroxylation sites is 1. The number of pyridine rings is 1. The molecule has 0 aliphatic carbocycles. The van der Waals surface area contributed by atoms with Crippen LogP contribution in [0, 0.1) is 5.95 Å². The van der Waals surface area contributed by atoms with Gasteiger partial charge in [-0.3, -0.25) is 14.2 Å². The summed E-state index contributed by atoms with van der Waals surface area (Å²) in [6, 6.07) is 7.09. The standard InChI is InChI=1S/C23H28FN3O4S/c1-6-21(28)25-10-11-26(16(4)14-25)17-12-20(24)27(22(29)13-17)23-18(15(2)3)8-7-9-19(23)32(5,30)31/h6-9,12-13,15-16H,1,10-11,14H2,2-5H3. The van der Waals surface area contributed by atoms with Crippen molar-refractivity contribution < 1.29 is 17.6 Å². The first kappa shape index (κ1) is 23.7. The number of sulfone groups is 1. The number of rotatable bonds is 5. The molecule has 1 amide bonds. The lowest BCUT2D eigenvalue weighted by Crippen LogP contribution is -2.53. The molecule has 2 aromatic rings. The molecule has 1 atom stereocenters. The van der Waals surface area contributed by atoms with Crippen molar-refractivity contribution in [2.75, 3.05) is 30.8 Å². The molecule has 1 fully saturated rings. The van der Waals surface area contributed by atoms with Gasteiger partial charge in [-0.2, -0.15) is 4.39 Å². The van der Waals surface area contributed by atoms with Crippen molar-refractivity contribution in [2.24, 2.45) is 0 Å². The lowest BCUT2D eigenvalue weighted by atomic mass is 10.0. The Balaban J connectivity index is 2.10. The lowest BCUT2D eigenvalue weighted by molar-refractivity contribution is -0.126. The highest BCUT2D eigenvalue weighted by Gasteiger charge is 2.28. The summed E-state index contributed by atoms with van der Waals surface area (Å²) in [6.45, 7) is 10.4. The second kappa shape index (κ2) is 8.90. The summed E-state index contributed by atoms with van der Waals surface area (Å²) >= 11 is 0. The van der Waals surface area contributed by atoms with Gasteiger partial charge in [-0.1, -0.05) is 32.6 Å². The van der Waals surface area contributed by atoms with Crippen LogP contribution in [0.15, 0.2) is 52.7 Å². The third-order valence-corrected chi connectivity index (χ3v) is 6.82. The Morgan fingerprint density at radius 3 is 2.47 bits per heavy atom. The first-order chi connectivity index (χ1) is 15.0. The Hall–Kier alpha value is -2.94. The molecule has 9 heteroatoms. The second-order valence-electron chi connectivity index (χ2n) is 8.36. The molecule has 1 saturated heterocycles. The normalized spacial score (nSPS) is 17.0. The molecule has 172 valence electrons. The zero-order valence-corrected chi connectivity index (χ0v) is 19.5. The average molecular weight is 462 g/mol. The Morgan fingerprint density at radius 1 is 1.25 bits per heavy atom. The zero-order valence-electron chi connectivity index (χ0n) is 18.7. The third-order valence-electron chi connectivity index (χ3n) is 5.69. The number of aromatic nitrogens is 1. The fourth-order valence-corrected chi connectivity index (χ4v) is 5.01. The van der Waals surface area contributed by atoms with Gasteiger partial charge in [0.15, 0.2) is 9.84 Å². The van der Waals surface area contributed by atoms with Gasteiger partial charge in [0.1, 0.15) is 0 Å². The maximum absolute atomic E-state index is 15.4. The lowest BCUT2D eigenvalue weighted by Gasteiger charge is -2.41. The molecular formula is C23H28FN3O4S. The third kappa shape index (κ3) is 4.48. The number of carbonyl (C=O) groups excluding carboxylic acids is 1. The van der Waals surface area contributed by atoms with Crippen molar-refractivity contribution >= 4 is 21.4 Å². The van der Waals surface area contributed by atoms with Crippen LogP contribution in [-0.4, -0.2) is 55.7 Å². The fourth-order valence-electron chi connectivity index (χ4n) is 4.12. The summed E-state index contributed by atoms with van der Waals surface area (Å²) in [6.07, 6.45) is 2.30. The van der Waals surface area contributed by atoms with Crippen LogP contribution in [0.5, 0.6) is 0 Å². The molecule has 7 nitrogen and oxygen atoms in total. The predicted molar refractivity (Wildman–Crippen MR) is 123 cm³/mol. The van der Waals surface area contributed by atoms with Gasteiger partial charge >= 0.3 is 0 Å². The molecule has 1 aliphatic heterocycles. The van der Waals surface area contributed by atoms with Crippen LogP contribution in [0.4, 0.5) is 10.1 Å². The predicted octanol–water partition coefficient (Wildman–Crippen LogP) is 2.73. The van der Waals surface area contributed by atoms with Gasteiger partial charge < -0.3 is 9.80 Å². The number of hydrogen-bond acceptors (Lipinski definition) is 5. The summed E-state index contributed by atoms with van der Waals surface area (Å²) < 4.78 is 41.1. The molecule has 0 saturated carbocycles. The van der Waals surface area contributed by atoms with Crippen LogP contribution in [0.1, 0.15) is 32.3 Å². The van der Waals surface area contributed by atoms with Crippen LogP contribution in [-0.2, 0) is 14.6 Å². The molecule has 1 aliphatic rings. The second-order valence-corrected chi connectivity index (χ2v) is 10.3. The summed E-state index contributed by atoms with van der Waals surface area (Å²) in [7, 11) is -3.71. The van der Waals surface area contributed by atoms with Crippen LogP contribution in [0.25, 0.3) is 5.69 Å². The van der Waals surface area contributed by atoms with Gasteiger partial charge in [0.25, 0.3) is 5.56 Å². The first-order valence-corrected chi connectivity index (χ1v) is 12.3. The summed E-state index contributed by atoms with van der Waals surface area (Å²) in [5.41, 5.74) is 0.347. The molecule has 1 aromatic heterocycles. The number of piperazine rings is 1. The van der Waals surface area contributed by atoms with E-state index in [-0.39, 0.29) is 28.4 Å². The van der Waals surface area contributed by atoms with E-state index in [1.807, 2.05) is 25.7 Å². The minimum Gasteiger partial charge on any atom is -0.365 e. The highest BCUT2D eigenvalue weighted by atomic mass is 32.2. The van der Waals surface area contributed by atoms with Crippen molar-refractivity contribution in [3.8, 4) is 5.69 Å². The smallest absolute Gasteiger partial charge is 0.259 e. The molecule has 0 spiro atoms. The Bertz CT molecular complexity index is 1220. The molecule has 0 N–H and O–H groups in total. The van der Waals surface area contributed by atoms with E-state index in [1.54, 1.807) is 17.0 Å². The zero-order chi connectivity index (χ0) is 23.8. The number of nitrogens with zero attached hydrogens (tertiary/aromatic N) is 3. The minimum atomic E-state index is -3.71. The highest BCUT2D eigenvalue weighted by molar-refractivity contribution is 7.90. The van der Waals surface area contributed by atoms with Gasteiger partial charge in [-0.25, -0.2) is 8.42 Å². The van der Waals surface area contributed by atoms with Gasteiger partial charge in [0, 0.05) is 49.8 Å². The Kier molecular flexibility index (Phi) is 6.59. The minimum absolute atomic E-state index is 0.0495. The first-order valence-electron chi connectivity index (χ1n) is 10.4. The van der Waals surface area contributed by atoms with Gasteiger partial charge in [0.2, 0.25) is 11.9 Å². The van der Waals surface area contributed by atoms with Crippen LogP contribution in [0.2, 0.25) is 0 Å². The topological polar surface area (TPSA) is 79.7 Å². The number of hydrogen-bond donors (Lipinski definition) is 0. The monoisotopic (exact) mass is 461 g/mol. The van der Waals surface area contributed by atoms with Crippen LogP contribution < -0.4 is 10.5 Å². The van der Waals surface area contributed by atoms with E-state index in [9.17, 15) is 18.0 Å². The van der Waals surface area contributed by atoms with Crippen molar-refractivity contribution in [3.63, 3.8) is 0 Å². The SMILES string of the molecule is C=CC(=O)N1CCN(c2cc(F)n(-c3c(C(C)C)cccc3S(C)(=O)=O)c(=O)c2)C(C)C1. The van der Waals surface area contributed by atoms with Crippen molar-refractivity contribution in [1.29, 1.82) is 0 Å². The molecule has 32 heavy (non-hydrogen) atoms. The maximum Gasteiger partial charge on any atom is 0.259 e. The van der Waals surface area contributed by atoms with Gasteiger partial charge in [-0.15, -0.1) is 0 Å². The van der Waals surface area contributed by atoms with E-state index in [1.165, 1.54) is 24.3 Å². The quantitative estimate of drug-likeness (QED) is 0.505. The van der Waals surface area contributed by atoms with E-state index in [0.29, 0.717) is 30.9 Å². The summed E-state index contributed by atoms with van der Waals surface area (Å²) in [5, 5.41) is 0. The van der Waals surface area contributed by atoms with Crippen molar-refractivity contribution in [3.05, 3.63) is 64.9 Å². The van der Waals surface area contributed by atoms with E-state index in [2.05, 4.69) is 6.58 Å². The molecule has 3 rings (SSSR count). The summed E-state index contributed by atoms with van der Waals surface area (Å²) in [5.74, 6) is -1.15. The largest absolute Gasteiger partial charge is 0.365 e. The molecule has 0 bridgehead atoms. The fraction of sp³-hybridized carbons (Fsp3) is 0.391. The molecule has 1 aromatic carbocycles. The van der Waals surface area contributed by atoms with E-state index in [4.69, 9.17) is 0 Å². The molecular weight excluding hydrogens is 433 g/mol. The average Bonchev–Trinajstić information content (AvgIpc) is 2.71. The van der Waals surface area contributed by atoms with Gasteiger partial charge in [0.05, 0.1) is 10.6 Å². The van der Waals surface area contributed by atoms with Crippen LogP contribution >= 0.6 is 0 Å². The molecule has 2 heterocycles. The number of carbonyl (C=O) groups is 1.